The van der Waals surface area contributed by atoms with Gasteiger partial charge in [-0.25, -0.2) is 4.79 Å². The number of hydrogen-bond acceptors (Lipinski definition) is 5. The number of hydrogen-bond donors (Lipinski definition) is 1. The lowest BCUT2D eigenvalue weighted by atomic mass is 10.4. The Kier molecular flexibility index (Phi) is 5.54. The zero-order valence-electron chi connectivity index (χ0n) is 9.69. The summed E-state index contributed by atoms with van der Waals surface area (Å²) in [7, 11) is 3.38. The highest BCUT2D eigenvalue weighted by Crippen LogP contribution is 2.26. The molecular formula is C9H16N4OS2. The van der Waals surface area contributed by atoms with Crippen LogP contribution in [0.4, 0.5) is 9.93 Å². The maximum atomic E-state index is 11.3. The minimum atomic E-state index is -0.179. The van der Waals surface area contributed by atoms with Crippen LogP contribution in [-0.4, -0.2) is 41.0 Å². The van der Waals surface area contributed by atoms with Crippen molar-refractivity contribution in [1.29, 1.82) is 0 Å². The van der Waals surface area contributed by atoms with E-state index in [0.29, 0.717) is 5.13 Å². The first-order valence-corrected chi connectivity index (χ1v) is 6.88. The average molecular weight is 260 g/mol. The van der Waals surface area contributed by atoms with E-state index in [1.807, 2.05) is 0 Å². The van der Waals surface area contributed by atoms with Crippen molar-refractivity contribution >= 4 is 34.3 Å². The number of anilines is 1. The Hall–Kier alpha value is -0.820. The fraction of sp³-hybridized carbons (Fsp3) is 0.667. The monoisotopic (exact) mass is 260 g/mol. The summed E-state index contributed by atoms with van der Waals surface area (Å²) in [6.07, 6.45) is 2.35. The third-order valence-electron chi connectivity index (χ3n) is 1.75. The van der Waals surface area contributed by atoms with Gasteiger partial charge in [-0.15, -0.1) is 10.2 Å². The second kappa shape index (κ2) is 6.70. The normalized spacial score (nSPS) is 10.2. The van der Waals surface area contributed by atoms with Crippen LogP contribution in [0.2, 0.25) is 0 Å². The van der Waals surface area contributed by atoms with E-state index in [1.165, 1.54) is 29.1 Å². The smallest absolute Gasteiger partial charge is 0.323 e. The van der Waals surface area contributed by atoms with Crippen LogP contribution in [0.3, 0.4) is 0 Å². The zero-order valence-corrected chi connectivity index (χ0v) is 11.3. The van der Waals surface area contributed by atoms with E-state index >= 15 is 0 Å². The molecule has 5 nitrogen and oxygen atoms in total. The van der Waals surface area contributed by atoms with Crippen LogP contribution in [-0.2, 0) is 0 Å². The van der Waals surface area contributed by atoms with Crippen LogP contribution in [0.1, 0.15) is 19.8 Å². The first-order valence-electron chi connectivity index (χ1n) is 5.08. The molecule has 0 aromatic carbocycles. The summed E-state index contributed by atoms with van der Waals surface area (Å²) >= 11 is 3.09. The van der Waals surface area contributed by atoms with E-state index in [9.17, 15) is 4.79 Å². The van der Waals surface area contributed by atoms with Crippen molar-refractivity contribution < 1.29 is 4.79 Å². The molecule has 1 rings (SSSR count). The van der Waals surface area contributed by atoms with E-state index in [1.54, 1.807) is 25.9 Å². The molecule has 0 aliphatic heterocycles. The zero-order chi connectivity index (χ0) is 12.0. The highest BCUT2D eigenvalue weighted by atomic mass is 32.2. The first-order chi connectivity index (χ1) is 7.63. The van der Waals surface area contributed by atoms with Gasteiger partial charge in [-0.1, -0.05) is 36.4 Å². The van der Waals surface area contributed by atoms with Crippen molar-refractivity contribution in [2.45, 2.75) is 24.1 Å². The molecule has 2 amide bonds. The Bertz CT molecular complexity index is 340. The molecule has 1 N–H and O–H groups in total. The summed E-state index contributed by atoms with van der Waals surface area (Å²) < 4.78 is 0.905. The Morgan fingerprint density at radius 1 is 1.50 bits per heavy atom. The lowest BCUT2D eigenvalue weighted by Crippen LogP contribution is -2.27. The topological polar surface area (TPSA) is 58.1 Å². The molecule has 0 spiro atoms. The second-order valence-corrected chi connectivity index (χ2v) is 5.72. The molecule has 1 aromatic heterocycles. The number of rotatable bonds is 5. The predicted octanol–water partition coefficient (Wildman–Crippen LogP) is 2.52. The lowest BCUT2D eigenvalue weighted by molar-refractivity contribution is 0.230. The van der Waals surface area contributed by atoms with Gasteiger partial charge in [0, 0.05) is 19.8 Å². The number of urea groups is 1. The van der Waals surface area contributed by atoms with Crippen LogP contribution in [0.5, 0.6) is 0 Å². The van der Waals surface area contributed by atoms with Gasteiger partial charge < -0.3 is 4.90 Å². The Balaban J connectivity index is 2.42. The van der Waals surface area contributed by atoms with Crippen molar-refractivity contribution in [3.05, 3.63) is 0 Å². The van der Waals surface area contributed by atoms with E-state index in [2.05, 4.69) is 22.4 Å². The largest absolute Gasteiger partial charge is 0.331 e. The maximum absolute atomic E-state index is 11.3. The summed E-state index contributed by atoms with van der Waals surface area (Å²) in [5.41, 5.74) is 0. The van der Waals surface area contributed by atoms with Gasteiger partial charge in [0.25, 0.3) is 0 Å². The summed E-state index contributed by atoms with van der Waals surface area (Å²) in [5, 5.41) is 11.1. The van der Waals surface area contributed by atoms with E-state index in [4.69, 9.17) is 0 Å². The van der Waals surface area contributed by atoms with Gasteiger partial charge in [0.05, 0.1) is 0 Å². The summed E-state index contributed by atoms with van der Waals surface area (Å²) in [4.78, 5) is 12.8. The van der Waals surface area contributed by atoms with Gasteiger partial charge in [-0.2, -0.15) is 0 Å². The van der Waals surface area contributed by atoms with Gasteiger partial charge in [-0.3, -0.25) is 5.32 Å². The number of carbonyl (C=O) groups is 1. The second-order valence-electron chi connectivity index (χ2n) is 3.40. The standard InChI is InChI=1S/C9H16N4OS2/c1-4-5-6-15-9-12-11-7(16-9)10-8(14)13(2)3/h4-6H2,1-3H3,(H,10,11,14). The summed E-state index contributed by atoms with van der Waals surface area (Å²) in [6.45, 7) is 2.16. The molecule has 90 valence electrons. The van der Waals surface area contributed by atoms with E-state index < -0.39 is 0 Å². The molecule has 7 heteroatoms. The minimum absolute atomic E-state index is 0.179. The number of carbonyl (C=O) groups excluding carboxylic acids is 1. The third kappa shape index (κ3) is 4.36. The minimum Gasteiger partial charge on any atom is -0.331 e. The Morgan fingerprint density at radius 2 is 2.25 bits per heavy atom. The van der Waals surface area contributed by atoms with E-state index in [-0.39, 0.29) is 6.03 Å². The molecule has 16 heavy (non-hydrogen) atoms. The summed E-state index contributed by atoms with van der Waals surface area (Å²) in [5.74, 6) is 1.05. The first kappa shape index (κ1) is 13.2. The fourth-order valence-corrected chi connectivity index (χ4v) is 2.72. The van der Waals surface area contributed by atoms with Crippen molar-refractivity contribution in [1.82, 2.24) is 15.1 Å². The molecule has 0 fully saturated rings. The fourth-order valence-electron chi connectivity index (χ4n) is 0.826. The number of nitrogens with zero attached hydrogens (tertiary/aromatic N) is 3. The van der Waals surface area contributed by atoms with Crippen molar-refractivity contribution in [3.63, 3.8) is 0 Å². The predicted molar refractivity (Wildman–Crippen MR) is 68.2 cm³/mol. The van der Waals surface area contributed by atoms with Crippen LogP contribution < -0.4 is 5.32 Å². The number of nitrogens with one attached hydrogen (secondary N) is 1. The van der Waals surface area contributed by atoms with Gasteiger partial charge in [0.15, 0.2) is 4.34 Å². The van der Waals surface area contributed by atoms with Crippen molar-refractivity contribution in [3.8, 4) is 0 Å². The quantitative estimate of drug-likeness (QED) is 0.502. The molecule has 0 saturated heterocycles. The van der Waals surface area contributed by atoms with Gasteiger partial charge >= 0.3 is 6.03 Å². The third-order valence-corrected chi connectivity index (χ3v) is 3.81. The maximum Gasteiger partial charge on any atom is 0.323 e. The number of thioether (sulfide) groups is 1. The highest BCUT2D eigenvalue weighted by molar-refractivity contribution is 8.01. The van der Waals surface area contributed by atoms with Crippen LogP contribution >= 0.6 is 23.1 Å². The van der Waals surface area contributed by atoms with Gasteiger partial charge in [-0.05, 0) is 6.42 Å². The molecule has 0 bridgehead atoms. The van der Waals surface area contributed by atoms with Crippen LogP contribution in [0.25, 0.3) is 0 Å². The molecule has 0 unspecified atom stereocenters. The number of aromatic nitrogens is 2. The molecule has 1 heterocycles. The number of unbranched alkanes of at least 4 members (excludes halogenated alkanes) is 1. The molecular weight excluding hydrogens is 244 g/mol. The molecule has 0 radical (unpaired) electrons. The van der Waals surface area contributed by atoms with Crippen LogP contribution in [0, 0.1) is 0 Å². The molecule has 0 aliphatic carbocycles. The van der Waals surface area contributed by atoms with Gasteiger partial charge in [0.1, 0.15) is 0 Å². The SMILES string of the molecule is CCCCSc1nnc(NC(=O)N(C)C)s1. The molecule has 0 atom stereocenters. The van der Waals surface area contributed by atoms with E-state index in [0.717, 1.165) is 10.1 Å². The van der Waals surface area contributed by atoms with Gasteiger partial charge in [0.2, 0.25) is 5.13 Å². The Morgan fingerprint density at radius 3 is 2.88 bits per heavy atom. The average Bonchev–Trinajstić information content (AvgIpc) is 2.66. The van der Waals surface area contributed by atoms with Crippen molar-refractivity contribution in [2.24, 2.45) is 0 Å². The van der Waals surface area contributed by atoms with Crippen molar-refractivity contribution in [2.75, 3.05) is 25.2 Å². The molecule has 0 saturated carbocycles. The Labute approximate surface area is 104 Å². The number of amides is 2. The summed E-state index contributed by atoms with van der Waals surface area (Å²) in [6, 6.07) is -0.179. The highest BCUT2D eigenvalue weighted by Gasteiger charge is 2.09. The molecule has 0 aliphatic rings. The molecule has 1 aromatic rings. The lowest BCUT2D eigenvalue weighted by Gasteiger charge is -2.08. The van der Waals surface area contributed by atoms with Crippen LogP contribution in [0.15, 0.2) is 4.34 Å².